The van der Waals surface area contributed by atoms with Gasteiger partial charge in [-0.25, -0.2) is 7.88 Å². The van der Waals surface area contributed by atoms with Gasteiger partial charge in [0.25, 0.3) is 0 Å². The van der Waals surface area contributed by atoms with E-state index in [2.05, 4.69) is 81.5 Å². The lowest BCUT2D eigenvalue weighted by molar-refractivity contribution is 0.413. The zero-order valence-corrected chi connectivity index (χ0v) is 15.7. The minimum atomic E-state index is 0.851. The Morgan fingerprint density at radius 1 is 1.17 bits per heavy atom. The van der Waals surface area contributed by atoms with E-state index < -0.39 is 0 Å². The number of rotatable bonds is 5. The van der Waals surface area contributed by atoms with E-state index in [1.54, 1.807) is 0 Å². The Labute approximate surface area is 150 Å². The fraction of sp³-hybridized carbons (Fsp3) is 0.294. The maximum absolute atomic E-state index is 4.48. The molecule has 0 spiro atoms. The van der Waals surface area contributed by atoms with Crippen LogP contribution in [-0.2, 0) is 6.42 Å². The second-order valence-electron chi connectivity index (χ2n) is 5.87. The molecule has 120 valence electrons. The summed E-state index contributed by atoms with van der Waals surface area (Å²) in [6.07, 6.45) is 2.87. The molecule has 23 heavy (non-hydrogen) atoms. The highest BCUT2D eigenvalue weighted by Gasteiger charge is 2.11. The first-order valence-corrected chi connectivity index (χ1v) is 8.52. The molecule has 3 rings (SSSR count). The molecule has 0 aliphatic heterocycles. The molecule has 2 heterocycles. The van der Waals surface area contributed by atoms with Crippen molar-refractivity contribution in [3.8, 4) is 0 Å². The smallest absolute Gasteiger partial charge is 0.141 e. The minimum Gasteiger partial charge on any atom is -0.340 e. The standard InChI is InChI=1S/C17H20IN5/c1-12-16-15(23(18)21-12)8-10-19-17(16)20-14-6-4-13(5-7-14)9-11-22(2)3/h4-8,10H,9,11H2,1-3H3,(H,19,20). The molecule has 0 aliphatic rings. The predicted molar refractivity (Wildman–Crippen MR) is 104 cm³/mol. The predicted octanol–water partition coefficient (Wildman–Crippen LogP) is 3.79. The molecule has 0 bridgehead atoms. The number of anilines is 2. The Hall–Kier alpha value is -1.67. The molecule has 1 aromatic carbocycles. The van der Waals surface area contributed by atoms with Crippen LogP contribution in [0.1, 0.15) is 11.3 Å². The van der Waals surface area contributed by atoms with Crippen LogP contribution in [0.3, 0.4) is 0 Å². The van der Waals surface area contributed by atoms with Gasteiger partial charge in [-0.15, -0.1) is 0 Å². The Morgan fingerprint density at radius 2 is 1.91 bits per heavy atom. The number of aromatic nitrogens is 3. The summed E-state index contributed by atoms with van der Waals surface area (Å²) in [5.41, 5.74) is 4.43. The van der Waals surface area contributed by atoms with Crippen LogP contribution in [-0.4, -0.2) is 38.5 Å². The zero-order valence-electron chi connectivity index (χ0n) is 13.5. The second-order valence-corrected chi connectivity index (χ2v) is 6.79. The largest absolute Gasteiger partial charge is 0.340 e. The van der Waals surface area contributed by atoms with Crippen LogP contribution >= 0.6 is 22.9 Å². The van der Waals surface area contributed by atoms with Gasteiger partial charge in [0.2, 0.25) is 0 Å². The van der Waals surface area contributed by atoms with Crippen LogP contribution < -0.4 is 5.32 Å². The lowest BCUT2D eigenvalue weighted by Crippen LogP contribution is -2.14. The second kappa shape index (κ2) is 6.84. The van der Waals surface area contributed by atoms with Crippen molar-refractivity contribution in [3.63, 3.8) is 0 Å². The van der Waals surface area contributed by atoms with Gasteiger partial charge >= 0.3 is 0 Å². The highest BCUT2D eigenvalue weighted by atomic mass is 127. The molecule has 3 aromatic rings. The van der Waals surface area contributed by atoms with E-state index in [0.717, 1.165) is 41.1 Å². The first-order chi connectivity index (χ1) is 11.0. The Bertz CT molecular complexity index is 808. The van der Waals surface area contributed by atoms with E-state index in [0.29, 0.717) is 0 Å². The summed E-state index contributed by atoms with van der Waals surface area (Å²) in [5.74, 6) is 0.851. The van der Waals surface area contributed by atoms with Crippen molar-refractivity contribution < 1.29 is 0 Å². The van der Waals surface area contributed by atoms with Crippen molar-refractivity contribution in [1.29, 1.82) is 0 Å². The van der Waals surface area contributed by atoms with Gasteiger partial charge in [0.05, 0.1) is 39.5 Å². The molecule has 5 nitrogen and oxygen atoms in total. The van der Waals surface area contributed by atoms with Crippen molar-refractivity contribution in [3.05, 3.63) is 47.8 Å². The zero-order chi connectivity index (χ0) is 16.4. The molecule has 0 fully saturated rings. The number of nitrogens with zero attached hydrogens (tertiary/aromatic N) is 4. The fourth-order valence-corrected chi connectivity index (χ4v) is 3.26. The quantitative estimate of drug-likeness (QED) is 0.637. The molecular weight excluding hydrogens is 401 g/mol. The average Bonchev–Trinajstić information content (AvgIpc) is 2.82. The molecule has 6 heteroatoms. The number of benzene rings is 1. The molecule has 1 N–H and O–H groups in total. The highest BCUT2D eigenvalue weighted by molar-refractivity contribution is 14.1. The Morgan fingerprint density at radius 3 is 2.61 bits per heavy atom. The number of fused-ring (bicyclic) bond motifs is 1. The molecule has 0 saturated heterocycles. The lowest BCUT2D eigenvalue weighted by Gasteiger charge is -2.10. The van der Waals surface area contributed by atoms with Gasteiger partial charge in [0, 0.05) is 18.4 Å². The maximum atomic E-state index is 4.48. The first kappa shape index (κ1) is 16.2. The summed E-state index contributed by atoms with van der Waals surface area (Å²) in [5, 5.41) is 8.95. The number of likely N-dealkylation sites (N-methyl/N-ethyl adjacent to an activating group) is 1. The molecule has 0 atom stereocenters. The highest BCUT2D eigenvalue weighted by Crippen LogP contribution is 2.28. The summed E-state index contributed by atoms with van der Waals surface area (Å²) in [6, 6.07) is 10.5. The maximum Gasteiger partial charge on any atom is 0.141 e. The average molecular weight is 421 g/mol. The van der Waals surface area contributed by atoms with Crippen molar-refractivity contribution in [2.24, 2.45) is 0 Å². The van der Waals surface area contributed by atoms with Gasteiger partial charge in [0.1, 0.15) is 5.82 Å². The number of halogens is 1. The van der Waals surface area contributed by atoms with Crippen molar-refractivity contribution >= 4 is 45.3 Å². The molecular formula is C17H20IN5. The van der Waals surface area contributed by atoms with Gasteiger partial charge in [-0.2, -0.15) is 5.10 Å². The summed E-state index contributed by atoms with van der Waals surface area (Å²) in [6.45, 7) is 3.07. The van der Waals surface area contributed by atoms with E-state index in [4.69, 9.17) is 0 Å². The fourth-order valence-electron chi connectivity index (χ4n) is 2.54. The van der Waals surface area contributed by atoms with Crippen LogP contribution in [0, 0.1) is 6.92 Å². The lowest BCUT2D eigenvalue weighted by atomic mass is 10.1. The van der Waals surface area contributed by atoms with Crippen molar-refractivity contribution in [2.75, 3.05) is 26.0 Å². The molecule has 2 aromatic heterocycles. The summed E-state index contributed by atoms with van der Waals surface area (Å²) in [7, 11) is 4.19. The Balaban J connectivity index is 1.82. The number of nitrogens with one attached hydrogen (secondary N) is 1. The number of hydrogen-bond donors (Lipinski definition) is 1. The van der Waals surface area contributed by atoms with Gasteiger partial charge in [-0.1, -0.05) is 12.1 Å². The van der Waals surface area contributed by atoms with E-state index in [9.17, 15) is 0 Å². The van der Waals surface area contributed by atoms with Crippen molar-refractivity contribution in [1.82, 2.24) is 17.9 Å². The van der Waals surface area contributed by atoms with Crippen LogP contribution in [0.25, 0.3) is 10.9 Å². The van der Waals surface area contributed by atoms with Gasteiger partial charge < -0.3 is 10.2 Å². The molecule has 0 radical (unpaired) electrons. The summed E-state index contributed by atoms with van der Waals surface area (Å²) in [4.78, 5) is 6.68. The van der Waals surface area contributed by atoms with E-state index in [1.165, 1.54) is 5.56 Å². The third kappa shape index (κ3) is 3.64. The number of aryl methyl sites for hydroxylation is 1. The van der Waals surface area contributed by atoms with Crippen LogP contribution in [0.2, 0.25) is 0 Å². The minimum absolute atomic E-state index is 0.851. The molecule has 0 aliphatic carbocycles. The van der Waals surface area contributed by atoms with Crippen LogP contribution in [0.15, 0.2) is 36.5 Å². The van der Waals surface area contributed by atoms with E-state index in [1.807, 2.05) is 22.1 Å². The van der Waals surface area contributed by atoms with Crippen LogP contribution in [0.4, 0.5) is 11.5 Å². The third-order valence-electron chi connectivity index (χ3n) is 3.79. The first-order valence-electron chi connectivity index (χ1n) is 7.56. The normalized spacial score (nSPS) is 11.3. The van der Waals surface area contributed by atoms with Gasteiger partial charge in [0.15, 0.2) is 0 Å². The third-order valence-corrected chi connectivity index (χ3v) is 4.53. The van der Waals surface area contributed by atoms with Gasteiger partial charge in [-0.3, -0.25) is 0 Å². The number of pyridine rings is 1. The molecule has 0 amide bonds. The van der Waals surface area contributed by atoms with E-state index >= 15 is 0 Å². The molecule has 0 saturated carbocycles. The van der Waals surface area contributed by atoms with E-state index in [-0.39, 0.29) is 0 Å². The molecule has 0 unspecified atom stereocenters. The summed E-state index contributed by atoms with van der Waals surface area (Å²) < 4.78 is 1.86. The summed E-state index contributed by atoms with van der Waals surface area (Å²) >= 11 is 2.19. The van der Waals surface area contributed by atoms with Crippen LogP contribution in [0.5, 0.6) is 0 Å². The number of hydrogen-bond acceptors (Lipinski definition) is 4. The van der Waals surface area contributed by atoms with Crippen molar-refractivity contribution in [2.45, 2.75) is 13.3 Å². The monoisotopic (exact) mass is 421 g/mol. The Kier molecular flexibility index (Phi) is 4.82. The topological polar surface area (TPSA) is 46.0 Å². The van der Waals surface area contributed by atoms with Gasteiger partial charge in [-0.05, 0) is 51.2 Å². The SMILES string of the molecule is Cc1nn(I)c2ccnc(Nc3ccc(CCN(C)C)cc3)c12.